The van der Waals surface area contributed by atoms with Crippen molar-refractivity contribution in [3.8, 4) is 29.5 Å². The largest absolute Gasteiger partial charge is 0.501 e. The predicted molar refractivity (Wildman–Crippen MR) is 218 cm³/mol. The average Bonchev–Trinajstić information content (AvgIpc) is 3.66. The van der Waals surface area contributed by atoms with Crippen LogP contribution < -0.4 is 32.0 Å². The van der Waals surface area contributed by atoms with Crippen molar-refractivity contribution in [2.45, 2.75) is 46.7 Å². The van der Waals surface area contributed by atoms with Crippen molar-refractivity contribution in [2.75, 3.05) is 11.1 Å². The van der Waals surface area contributed by atoms with Crippen molar-refractivity contribution in [1.82, 2.24) is 40.3 Å². The second-order valence-electron chi connectivity index (χ2n) is 13.5. The minimum atomic E-state index is -1.27. The summed E-state index contributed by atoms with van der Waals surface area (Å²) in [7, 11) is 1.34. The van der Waals surface area contributed by atoms with Crippen molar-refractivity contribution < 1.29 is 28.2 Å². The van der Waals surface area contributed by atoms with Crippen LogP contribution in [-0.2, 0) is 19.1 Å². The minimum Gasteiger partial charge on any atom is -0.501 e. The molecule has 0 spiro atoms. The topological polar surface area (TPSA) is 273 Å². The van der Waals surface area contributed by atoms with Gasteiger partial charge in [-0.05, 0) is 109 Å². The number of aromatic hydroxyl groups is 1. The fraction of sp³-hybridized carbons (Fsp3) is 0.200. The predicted octanol–water partition coefficient (Wildman–Crippen LogP) is 5.63. The number of anilines is 3. The van der Waals surface area contributed by atoms with E-state index in [4.69, 9.17) is 25.4 Å². The third-order valence-corrected chi connectivity index (χ3v) is 9.20. The number of carbonyl (C=O) groups excluding carboxylic acids is 2. The van der Waals surface area contributed by atoms with Crippen LogP contribution in [-0.4, -0.2) is 46.6 Å². The summed E-state index contributed by atoms with van der Waals surface area (Å²) in [5.74, 6) is -1.56. The molecule has 0 fully saturated rings. The number of nitrogen functional groups attached to an aromatic ring is 1. The van der Waals surface area contributed by atoms with Gasteiger partial charge in [0.15, 0.2) is 5.69 Å². The van der Waals surface area contributed by atoms with Crippen LogP contribution in [0.2, 0.25) is 0 Å². The molecule has 6 N–H and O–H groups in total. The Labute approximate surface area is 350 Å². The summed E-state index contributed by atoms with van der Waals surface area (Å²) < 4.78 is 25.6. The molecule has 0 bridgehead atoms. The first-order valence-corrected chi connectivity index (χ1v) is 18.4. The third kappa shape index (κ3) is 10.2. The average molecular weight is 880 g/mol. The number of nitrogens with one attached hydrogen (secondary N) is 3. The lowest BCUT2D eigenvalue weighted by molar-refractivity contribution is 0.0869. The molecule has 0 saturated heterocycles. The number of nitriles is 2. The van der Waals surface area contributed by atoms with Crippen LogP contribution in [0.1, 0.15) is 74.6 Å². The van der Waals surface area contributed by atoms with Gasteiger partial charge in [0.05, 0.1) is 28.8 Å². The first-order valence-electron chi connectivity index (χ1n) is 17.7. The van der Waals surface area contributed by atoms with Gasteiger partial charge in [0.1, 0.15) is 27.7 Å². The zero-order valence-electron chi connectivity index (χ0n) is 32.9. The summed E-state index contributed by atoms with van der Waals surface area (Å²) in [5.41, 5.74) is 7.37. The lowest BCUT2D eigenvalue weighted by Crippen LogP contribution is -2.46. The van der Waals surface area contributed by atoms with Crippen LogP contribution >= 0.6 is 15.9 Å². The monoisotopic (exact) mass is 878 g/mol. The molecule has 3 aromatic heterocycles. The fourth-order valence-electron chi connectivity index (χ4n) is 5.55. The van der Waals surface area contributed by atoms with E-state index in [0.29, 0.717) is 32.6 Å². The molecule has 306 valence electrons. The number of carbonyl (C=O) groups is 2. The number of nitrogens with zero attached hydrogens (tertiary/aromatic N) is 8. The lowest BCUT2D eigenvalue weighted by Gasteiger charge is -2.27. The highest BCUT2D eigenvalue weighted by Crippen LogP contribution is 2.36. The molecule has 0 radical (unpaired) electrons. The van der Waals surface area contributed by atoms with Crippen LogP contribution in [0.15, 0.2) is 74.3 Å². The summed E-state index contributed by atoms with van der Waals surface area (Å²) in [6, 6.07) is 20.0. The standard InChI is InChI=1S/C20H15BrN6O.C20H21FN6O5/c1-11-7-14(10-23)8-12(2)17(11)28-19-16(21)18(24)26-20(27-19)25-15-5-3-13(9-22)4-6-15;1-10-25-26-17(32-10)16(30)24-20(2,3)19-23-13(14(28)18(31)27(19)4)15(29)22-9-11-5-7-12(21)8-6-11/h3-8H,1-2H3,(H3,24,25,26,27);5-8,28H,9H2,1-4H3,(H,22,29)(H,24,30). The van der Waals surface area contributed by atoms with E-state index in [9.17, 15) is 23.9 Å². The van der Waals surface area contributed by atoms with Crippen molar-refractivity contribution in [3.63, 3.8) is 0 Å². The van der Waals surface area contributed by atoms with Gasteiger partial charge >= 0.3 is 11.8 Å². The molecule has 18 nitrogen and oxygen atoms in total. The molecule has 0 aliphatic carbocycles. The molecule has 60 heavy (non-hydrogen) atoms. The second-order valence-corrected chi connectivity index (χ2v) is 14.3. The molecule has 6 aromatic rings. The Morgan fingerprint density at radius 2 is 1.60 bits per heavy atom. The van der Waals surface area contributed by atoms with Crippen LogP contribution in [0.3, 0.4) is 0 Å². The first-order chi connectivity index (χ1) is 28.4. The quantitative estimate of drug-likeness (QED) is 0.112. The van der Waals surface area contributed by atoms with E-state index in [1.165, 1.54) is 38.2 Å². The zero-order valence-corrected chi connectivity index (χ0v) is 34.5. The maximum absolute atomic E-state index is 13.0. The number of benzene rings is 3. The van der Waals surface area contributed by atoms with Gasteiger partial charge in [-0.1, -0.05) is 12.1 Å². The van der Waals surface area contributed by atoms with Crippen LogP contribution in [0.4, 0.5) is 21.8 Å². The number of rotatable bonds is 10. The minimum absolute atomic E-state index is 0.00294. The number of ether oxygens (including phenoxy) is 1. The van der Waals surface area contributed by atoms with Crippen molar-refractivity contribution in [2.24, 2.45) is 7.05 Å². The smallest absolute Gasteiger partial charge is 0.309 e. The first kappa shape index (κ1) is 43.4. The molecule has 0 unspecified atom stereocenters. The number of aryl methyl sites for hydroxylation is 3. The maximum Gasteiger partial charge on any atom is 0.309 e. The number of nitrogens with two attached hydrogens (primary N) is 1. The molecular formula is C40H36BrFN12O6. The Morgan fingerprint density at radius 1 is 0.967 bits per heavy atom. The number of aromatic nitrogens is 6. The zero-order chi connectivity index (χ0) is 43.9. The van der Waals surface area contributed by atoms with E-state index in [0.717, 1.165) is 15.7 Å². The van der Waals surface area contributed by atoms with Gasteiger partial charge in [-0.3, -0.25) is 19.0 Å². The van der Waals surface area contributed by atoms with Gasteiger partial charge < -0.3 is 35.9 Å². The molecule has 0 aliphatic rings. The summed E-state index contributed by atoms with van der Waals surface area (Å²) in [6.07, 6.45) is 0. The summed E-state index contributed by atoms with van der Waals surface area (Å²) in [4.78, 5) is 50.3. The molecule has 2 amide bonds. The van der Waals surface area contributed by atoms with Gasteiger partial charge in [-0.2, -0.15) is 20.5 Å². The van der Waals surface area contributed by atoms with Gasteiger partial charge in [0, 0.05) is 26.2 Å². The van der Waals surface area contributed by atoms with E-state index in [1.807, 2.05) is 13.8 Å². The highest BCUT2D eigenvalue weighted by molar-refractivity contribution is 9.10. The molecule has 6 rings (SSSR count). The molecule has 0 aliphatic heterocycles. The van der Waals surface area contributed by atoms with Crippen LogP contribution in [0.25, 0.3) is 0 Å². The van der Waals surface area contributed by atoms with Crippen LogP contribution in [0.5, 0.6) is 17.4 Å². The number of hydrogen-bond acceptors (Lipinski definition) is 15. The summed E-state index contributed by atoms with van der Waals surface area (Å²) in [5, 5.41) is 43.6. The summed E-state index contributed by atoms with van der Waals surface area (Å²) in [6.45, 7) is 8.35. The SMILES string of the molecule is Cc1cc(C#N)cc(C)c1Oc1nc(Nc2ccc(C#N)cc2)nc(N)c1Br.Cc1nnc(C(=O)NC(C)(C)c2nc(C(=O)NCc3ccc(F)cc3)c(O)c(=O)n2C)o1. The maximum atomic E-state index is 13.0. The molecule has 0 saturated carbocycles. The summed E-state index contributed by atoms with van der Waals surface area (Å²) >= 11 is 3.36. The highest BCUT2D eigenvalue weighted by Gasteiger charge is 2.32. The van der Waals surface area contributed by atoms with Gasteiger partial charge in [0.2, 0.25) is 23.5 Å². The lowest BCUT2D eigenvalue weighted by atomic mass is 10.0. The normalized spacial score (nSPS) is 10.7. The number of halogens is 2. The Bertz CT molecular complexity index is 2720. The Morgan fingerprint density at radius 3 is 2.18 bits per heavy atom. The molecular weight excluding hydrogens is 843 g/mol. The van der Waals surface area contributed by atoms with Crippen molar-refractivity contribution >= 4 is 45.2 Å². The van der Waals surface area contributed by atoms with Crippen molar-refractivity contribution in [3.05, 3.63) is 132 Å². The van der Waals surface area contributed by atoms with Gasteiger partial charge in [0.25, 0.3) is 11.5 Å². The van der Waals surface area contributed by atoms with Gasteiger partial charge in [-0.15, -0.1) is 10.2 Å². The molecule has 0 atom stereocenters. The van der Waals surface area contributed by atoms with E-state index in [1.54, 1.807) is 50.2 Å². The van der Waals surface area contributed by atoms with Gasteiger partial charge in [-0.25, -0.2) is 9.37 Å². The molecule has 3 aromatic carbocycles. The Hall–Kier alpha value is -7.71. The second kappa shape index (κ2) is 18.3. The number of amides is 2. The Balaban J connectivity index is 0.000000230. The molecule has 20 heteroatoms. The molecule has 3 heterocycles. The van der Waals surface area contributed by atoms with E-state index in [-0.39, 0.29) is 41.8 Å². The number of hydrogen-bond donors (Lipinski definition) is 5. The van der Waals surface area contributed by atoms with E-state index >= 15 is 0 Å². The van der Waals surface area contributed by atoms with Crippen LogP contribution in [0, 0.1) is 49.3 Å². The third-order valence-electron chi connectivity index (χ3n) is 8.46. The highest BCUT2D eigenvalue weighted by atomic mass is 79.9. The Kier molecular flexibility index (Phi) is 13.2. The fourth-order valence-corrected chi connectivity index (χ4v) is 5.81. The van der Waals surface area contributed by atoms with E-state index in [2.05, 4.69) is 69.2 Å². The van der Waals surface area contributed by atoms with E-state index < -0.39 is 40.2 Å². The van der Waals surface area contributed by atoms with Crippen molar-refractivity contribution in [1.29, 1.82) is 10.5 Å².